The molecule has 8 heteroatoms. The molecule has 0 fully saturated rings. The second-order valence-electron chi connectivity index (χ2n) is 6.43. The number of aryl methyl sites for hydroxylation is 3. The van der Waals surface area contributed by atoms with Crippen LogP contribution in [0.4, 0.5) is 13.2 Å². The molecule has 0 saturated heterocycles. The topological polar surface area (TPSA) is 54.6 Å². The highest BCUT2D eigenvalue weighted by Gasteiger charge is 2.41. The molecule has 26 heavy (non-hydrogen) atoms. The highest BCUT2D eigenvalue weighted by Crippen LogP contribution is 2.39. The van der Waals surface area contributed by atoms with Crippen LogP contribution >= 0.6 is 11.3 Å². The highest BCUT2D eigenvalue weighted by molar-refractivity contribution is 7.17. The first-order valence-corrected chi connectivity index (χ1v) is 9.03. The zero-order valence-electron chi connectivity index (χ0n) is 13.9. The van der Waals surface area contributed by atoms with Gasteiger partial charge in [0.25, 0.3) is 0 Å². The van der Waals surface area contributed by atoms with Crippen LogP contribution in [0.2, 0.25) is 0 Å². The van der Waals surface area contributed by atoms with Gasteiger partial charge in [-0.1, -0.05) is 12.1 Å². The van der Waals surface area contributed by atoms with Gasteiger partial charge in [-0.3, -0.25) is 4.40 Å². The Kier molecular flexibility index (Phi) is 3.83. The van der Waals surface area contributed by atoms with Gasteiger partial charge in [0, 0.05) is 4.88 Å². The maximum absolute atomic E-state index is 13.2. The molecule has 0 radical (unpaired) electrons. The molecule has 4 nitrogen and oxygen atoms in total. The molecule has 0 atom stereocenters. The van der Waals surface area contributed by atoms with Crippen molar-refractivity contribution < 1.29 is 23.1 Å². The number of alkyl halides is 3. The van der Waals surface area contributed by atoms with Crippen molar-refractivity contribution in [1.82, 2.24) is 9.38 Å². The first kappa shape index (κ1) is 17.1. The number of fused-ring (bicyclic) bond motifs is 2. The number of aromatic carboxylic acids is 1. The predicted molar refractivity (Wildman–Crippen MR) is 91.8 cm³/mol. The molecule has 2 heterocycles. The molecule has 1 aromatic carbocycles. The third kappa shape index (κ3) is 2.59. The van der Waals surface area contributed by atoms with Crippen molar-refractivity contribution in [2.45, 2.75) is 38.8 Å². The summed E-state index contributed by atoms with van der Waals surface area (Å²) in [5.41, 5.74) is 1.45. The van der Waals surface area contributed by atoms with Crippen LogP contribution in [0.3, 0.4) is 0 Å². The van der Waals surface area contributed by atoms with Crippen LogP contribution in [0.1, 0.15) is 45.0 Å². The summed E-state index contributed by atoms with van der Waals surface area (Å²) >= 11 is 1.07. The van der Waals surface area contributed by atoms with E-state index in [0.29, 0.717) is 5.69 Å². The van der Waals surface area contributed by atoms with E-state index in [-0.39, 0.29) is 4.96 Å². The van der Waals surface area contributed by atoms with Crippen molar-refractivity contribution >= 4 is 22.3 Å². The lowest BCUT2D eigenvalue weighted by molar-refractivity contribution is -0.141. The lowest BCUT2D eigenvalue weighted by Crippen LogP contribution is -2.14. The predicted octanol–water partition coefficient (Wildman–Crippen LogP) is 4.97. The van der Waals surface area contributed by atoms with Crippen LogP contribution in [0.5, 0.6) is 0 Å². The minimum Gasteiger partial charge on any atom is -0.476 e. The summed E-state index contributed by atoms with van der Waals surface area (Å²) in [7, 11) is 0. The molecule has 1 N–H and O–H groups in total. The molecular weight excluding hydrogens is 365 g/mol. The number of hydrogen-bond donors (Lipinski definition) is 1. The minimum atomic E-state index is -4.82. The Labute approximate surface area is 150 Å². The number of nitrogens with zero attached hydrogens (tertiary/aromatic N) is 2. The zero-order valence-corrected chi connectivity index (χ0v) is 14.7. The molecule has 0 unspecified atom stereocenters. The standard InChI is InChI=1S/C18H15F3N2O2S/c1-9-13(12-7-6-10-4-2-3-5-11(10)8-12)23-14(16(24)25)15(18(19,20)21)22-17(23)26-9/h6-8H,2-5H2,1H3,(H,24,25). The maximum Gasteiger partial charge on any atom is 0.435 e. The largest absolute Gasteiger partial charge is 0.476 e. The van der Waals surface area contributed by atoms with Crippen LogP contribution < -0.4 is 0 Å². The van der Waals surface area contributed by atoms with Gasteiger partial charge in [0.15, 0.2) is 16.3 Å². The average molecular weight is 380 g/mol. The third-order valence-corrected chi connectivity index (χ3v) is 5.70. The fourth-order valence-electron chi connectivity index (χ4n) is 3.63. The molecule has 1 aliphatic rings. The second-order valence-corrected chi connectivity index (χ2v) is 7.61. The molecule has 1 aliphatic carbocycles. The summed E-state index contributed by atoms with van der Waals surface area (Å²) < 4.78 is 40.9. The van der Waals surface area contributed by atoms with Gasteiger partial charge in [-0.15, -0.1) is 11.3 Å². The Hall–Kier alpha value is -2.35. The molecule has 2 aromatic heterocycles. The first-order chi connectivity index (χ1) is 12.3. The van der Waals surface area contributed by atoms with Crippen molar-refractivity contribution in [3.63, 3.8) is 0 Å². The SMILES string of the molecule is Cc1sc2nc(C(F)(F)F)c(C(=O)O)n2c1-c1ccc2c(c1)CCCC2. The minimum absolute atomic E-state index is 0.0416. The van der Waals surface area contributed by atoms with Crippen molar-refractivity contribution in [2.24, 2.45) is 0 Å². The molecule has 0 amide bonds. The summed E-state index contributed by atoms with van der Waals surface area (Å²) in [6.07, 6.45) is -0.678. The first-order valence-electron chi connectivity index (χ1n) is 8.22. The van der Waals surface area contributed by atoms with E-state index in [2.05, 4.69) is 4.98 Å². The number of carboxylic acids is 1. The molecule has 0 aliphatic heterocycles. The van der Waals surface area contributed by atoms with Crippen molar-refractivity contribution in [2.75, 3.05) is 0 Å². The molecule has 0 bridgehead atoms. The number of benzene rings is 1. The van der Waals surface area contributed by atoms with Crippen LogP contribution in [-0.4, -0.2) is 20.5 Å². The Morgan fingerprint density at radius 2 is 1.92 bits per heavy atom. The van der Waals surface area contributed by atoms with Gasteiger partial charge in [-0.2, -0.15) is 13.2 Å². The molecule has 3 aromatic rings. The van der Waals surface area contributed by atoms with Gasteiger partial charge in [-0.05, 0) is 55.4 Å². The lowest BCUT2D eigenvalue weighted by Gasteiger charge is -2.17. The summed E-state index contributed by atoms with van der Waals surface area (Å²) in [6.45, 7) is 1.77. The summed E-state index contributed by atoms with van der Waals surface area (Å²) in [5, 5.41) is 9.43. The van der Waals surface area contributed by atoms with Crippen molar-refractivity contribution in [3.05, 3.63) is 45.6 Å². The van der Waals surface area contributed by atoms with Crippen LogP contribution in [-0.2, 0) is 19.0 Å². The average Bonchev–Trinajstić information content (AvgIpc) is 3.08. The van der Waals surface area contributed by atoms with Gasteiger partial charge in [0.05, 0.1) is 5.69 Å². The molecule has 0 saturated carbocycles. The van der Waals surface area contributed by atoms with E-state index in [9.17, 15) is 23.1 Å². The van der Waals surface area contributed by atoms with E-state index in [1.54, 1.807) is 6.92 Å². The smallest absolute Gasteiger partial charge is 0.435 e. The number of hydrogen-bond acceptors (Lipinski definition) is 3. The molecular formula is C18H15F3N2O2S. The Morgan fingerprint density at radius 3 is 2.58 bits per heavy atom. The molecule has 4 rings (SSSR count). The monoisotopic (exact) mass is 380 g/mol. The number of carbonyl (C=O) groups is 1. The highest BCUT2D eigenvalue weighted by atomic mass is 32.1. The van der Waals surface area contributed by atoms with E-state index >= 15 is 0 Å². The van der Waals surface area contributed by atoms with Gasteiger partial charge in [0.1, 0.15) is 0 Å². The van der Waals surface area contributed by atoms with Crippen molar-refractivity contribution in [1.29, 1.82) is 0 Å². The van der Waals surface area contributed by atoms with Crippen LogP contribution in [0.15, 0.2) is 18.2 Å². The van der Waals surface area contributed by atoms with Gasteiger partial charge in [-0.25, -0.2) is 9.78 Å². The number of rotatable bonds is 2. The van der Waals surface area contributed by atoms with Crippen LogP contribution in [0.25, 0.3) is 16.2 Å². The maximum atomic E-state index is 13.2. The quantitative estimate of drug-likeness (QED) is 0.683. The van der Waals surface area contributed by atoms with Crippen LogP contribution in [0, 0.1) is 6.92 Å². The Bertz CT molecular complexity index is 1030. The summed E-state index contributed by atoms with van der Waals surface area (Å²) in [5.74, 6) is -1.64. The number of thiazole rings is 1. The normalized spacial score (nSPS) is 14.6. The second kappa shape index (κ2) is 5.84. The van der Waals surface area contributed by atoms with Crippen molar-refractivity contribution in [3.8, 4) is 11.3 Å². The third-order valence-electron chi connectivity index (χ3n) is 4.74. The fraction of sp³-hybridized carbons (Fsp3) is 0.333. The van der Waals surface area contributed by atoms with Gasteiger partial charge < -0.3 is 5.11 Å². The molecule has 136 valence electrons. The Balaban J connectivity index is 2.00. The van der Waals surface area contributed by atoms with E-state index in [4.69, 9.17) is 0 Å². The number of halogens is 3. The number of imidazole rings is 1. The van der Waals surface area contributed by atoms with E-state index in [0.717, 1.165) is 51.9 Å². The zero-order chi connectivity index (χ0) is 18.6. The van der Waals surface area contributed by atoms with Gasteiger partial charge >= 0.3 is 12.1 Å². The summed E-state index contributed by atoms with van der Waals surface area (Å²) in [4.78, 5) is 16.0. The van der Waals surface area contributed by atoms with Gasteiger partial charge in [0.2, 0.25) is 0 Å². The van der Waals surface area contributed by atoms with E-state index < -0.39 is 23.5 Å². The number of aromatic nitrogens is 2. The molecule has 0 spiro atoms. The van der Waals surface area contributed by atoms with E-state index in [1.165, 1.54) is 11.1 Å². The number of carboxylic acid groups (broad SMARTS) is 1. The lowest BCUT2D eigenvalue weighted by atomic mass is 9.90. The van der Waals surface area contributed by atoms with E-state index in [1.807, 2.05) is 18.2 Å². The summed E-state index contributed by atoms with van der Waals surface area (Å²) in [6, 6.07) is 5.83. The fourth-order valence-corrected chi connectivity index (χ4v) is 4.62. The Morgan fingerprint density at radius 1 is 1.23 bits per heavy atom.